The summed E-state index contributed by atoms with van der Waals surface area (Å²) in [6.07, 6.45) is 3.23. The molecule has 0 aliphatic rings. The summed E-state index contributed by atoms with van der Waals surface area (Å²) in [5, 5.41) is 18.7. The summed E-state index contributed by atoms with van der Waals surface area (Å²) >= 11 is 0. The maximum atomic E-state index is 12.2. The molecule has 0 aliphatic heterocycles. The van der Waals surface area contributed by atoms with Crippen molar-refractivity contribution in [3.63, 3.8) is 0 Å². The molecule has 3 rings (SSSR count). The molecule has 0 unspecified atom stereocenters. The highest BCUT2D eigenvalue weighted by Gasteiger charge is 2.18. The third-order valence-corrected chi connectivity index (χ3v) is 3.27. The van der Waals surface area contributed by atoms with E-state index in [-0.39, 0.29) is 18.0 Å². The van der Waals surface area contributed by atoms with Gasteiger partial charge in [0.25, 0.3) is 11.8 Å². The fraction of sp³-hybridized carbons (Fsp3) is 0.357. The fourth-order valence-electron chi connectivity index (χ4n) is 2.21. The highest BCUT2D eigenvalue weighted by atomic mass is 16.4. The van der Waals surface area contributed by atoms with Crippen molar-refractivity contribution in [3.05, 3.63) is 30.2 Å². The number of hydrogen-bond acceptors (Lipinski definition) is 6. The molecule has 0 radical (unpaired) electrons. The second-order valence-electron chi connectivity index (χ2n) is 5.15. The average Bonchev–Trinajstić information content (AvgIpc) is 3.26. The fourth-order valence-corrected chi connectivity index (χ4v) is 2.21. The zero-order chi connectivity index (χ0) is 16.4. The minimum atomic E-state index is -0.350. The Labute approximate surface area is 132 Å². The zero-order valence-electron chi connectivity index (χ0n) is 13.1. The predicted molar refractivity (Wildman–Crippen MR) is 81.8 cm³/mol. The third kappa shape index (κ3) is 2.85. The number of amides is 1. The zero-order valence-corrected chi connectivity index (χ0v) is 13.1. The normalized spacial score (nSPS) is 11.1. The van der Waals surface area contributed by atoms with E-state index < -0.39 is 0 Å². The lowest BCUT2D eigenvalue weighted by Crippen LogP contribution is -2.17. The van der Waals surface area contributed by atoms with E-state index in [1.54, 1.807) is 33.9 Å². The van der Waals surface area contributed by atoms with E-state index in [4.69, 9.17) is 4.42 Å². The first-order valence-corrected chi connectivity index (χ1v) is 7.30. The number of aromatic nitrogens is 6. The first kappa shape index (κ1) is 14.9. The predicted octanol–water partition coefficient (Wildman–Crippen LogP) is 1.98. The molecule has 9 heteroatoms. The quantitative estimate of drug-likeness (QED) is 0.772. The lowest BCUT2D eigenvalue weighted by atomic mass is 10.3. The van der Waals surface area contributed by atoms with Gasteiger partial charge in [-0.05, 0) is 32.9 Å². The van der Waals surface area contributed by atoms with Gasteiger partial charge < -0.3 is 4.42 Å². The Hall–Kier alpha value is -2.97. The van der Waals surface area contributed by atoms with E-state index >= 15 is 0 Å². The molecule has 1 amide bonds. The summed E-state index contributed by atoms with van der Waals surface area (Å²) in [5.41, 5.74) is 1.13. The minimum Gasteiger partial charge on any atom is -0.401 e. The smallest absolute Gasteiger partial charge is 0.322 e. The summed E-state index contributed by atoms with van der Waals surface area (Å²) in [5.74, 6) is -0.0487. The molecule has 0 spiro atoms. The van der Waals surface area contributed by atoms with Crippen LogP contribution in [0, 0.1) is 0 Å². The molecule has 120 valence electrons. The van der Waals surface area contributed by atoms with E-state index in [1.807, 2.05) is 20.8 Å². The average molecular weight is 315 g/mol. The second-order valence-corrected chi connectivity index (χ2v) is 5.15. The Bertz CT molecular complexity index is 815. The molecule has 0 saturated heterocycles. The van der Waals surface area contributed by atoms with E-state index in [0.717, 1.165) is 0 Å². The van der Waals surface area contributed by atoms with Gasteiger partial charge in [0.2, 0.25) is 0 Å². The van der Waals surface area contributed by atoms with Gasteiger partial charge in [-0.1, -0.05) is 5.10 Å². The van der Waals surface area contributed by atoms with Crippen LogP contribution < -0.4 is 5.32 Å². The van der Waals surface area contributed by atoms with Crippen LogP contribution in [0.3, 0.4) is 0 Å². The lowest BCUT2D eigenvalue weighted by molar-refractivity contribution is 0.101. The summed E-state index contributed by atoms with van der Waals surface area (Å²) in [7, 11) is 0. The van der Waals surface area contributed by atoms with E-state index in [9.17, 15) is 4.79 Å². The van der Waals surface area contributed by atoms with Crippen molar-refractivity contribution in [1.29, 1.82) is 0 Å². The van der Waals surface area contributed by atoms with Crippen molar-refractivity contribution in [2.24, 2.45) is 0 Å². The van der Waals surface area contributed by atoms with Gasteiger partial charge in [-0.3, -0.25) is 19.5 Å². The molecule has 0 saturated carbocycles. The van der Waals surface area contributed by atoms with Crippen LogP contribution in [-0.2, 0) is 6.54 Å². The van der Waals surface area contributed by atoms with Crippen LogP contribution in [0.15, 0.2) is 28.9 Å². The van der Waals surface area contributed by atoms with Gasteiger partial charge in [-0.25, -0.2) is 0 Å². The van der Waals surface area contributed by atoms with Crippen LogP contribution in [-0.4, -0.2) is 35.7 Å². The molecule has 3 aromatic heterocycles. The van der Waals surface area contributed by atoms with Gasteiger partial charge in [-0.15, -0.1) is 5.10 Å². The number of aryl methyl sites for hydroxylation is 1. The van der Waals surface area contributed by atoms with Crippen molar-refractivity contribution >= 4 is 11.9 Å². The van der Waals surface area contributed by atoms with Crippen molar-refractivity contribution in [2.75, 3.05) is 5.32 Å². The van der Waals surface area contributed by atoms with Gasteiger partial charge in [0.15, 0.2) is 0 Å². The molecular weight excluding hydrogens is 298 g/mol. The van der Waals surface area contributed by atoms with Gasteiger partial charge in [0.1, 0.15) is 11.4 Å². The Morgan fingerprint density at radius 2 is 2.04 bits per heavy atom. The Balaban J connectivity index is 1.80. The largest absolute Gasteiger partial charge is 0.401 e. The van der Waals surface area contributed by atoms with Crippen molar-refractivity contribution in [3.8, 4) is 11.6 Å². The van der Waals surface area contributed by atoms with Crippen LogP contribution in [0.1, 0.15) is 37.3 Å². The molecule has 3 heterocycles. The van der Waals surface area contributed by atoms with Gasteiger partial charge >= 0.3 is 6.01 Å². The maximum absolute atomic E-state index is 12.2. The molecule has 0 atom stereocenters. The van der Waals surface area contributed by atoms with Crippen LogP contribution in [0.4, 0.5) is 6.01 Å². The molecule has 3 aromatic rings. The van der Waals surface area contributed by atoms with Crippen LogP contribution in [0.2, 0.25) is 0 Å². The number of hydrogen-bond donors (Lipinski definition) is 1. The summed E-state index contributed by atoms with van der Waals surface area (Å²) < 4.78 is 8.87. The number of rotatable bonds is 5. The molecule has 23 heavy (non-hydrogen) atoms. The maximum Gasteiger partial charge on any atom is 0.322 e. The highest BCUT2D eigenvalue weighted by Crippen LogP contribution is 2.22. The molecule has 0 aromatic carbocycles. The first-order valence-electron chi connectivity index (χ1n) is 7.30. The van der Waals surface area contributed by atoms with Crippen LogP contribution in [0.5, 0.6) is 0 Å². The number of nitrogens with one attached hydrogen (secondary N) is 1. The number of anilines is 1. The van der Waals surface area contributed by atoms with Gasteiger partial charge in [-0.2, -0.15) is 10.2 Å². The van der Waals surface area contributed by atoms with E-state index in [1.165, 1.54) is 0 Å². The van der Waals surface area contributed by atoms with E-state index in [0.29, 0.717) is 23.8 Å². The standard InChI is InChI=1S/C14H17N7O2/c1-4-20-10(5-7-15-20)12(22)17-14-19-18-13(23-14)11-6-8-16-21(11)9(2)3/h5-9H,4H2,1-3H3,(H,17,19,22). The molecule has 9 nitrogen and oxygen atoms in total. The third-order valence-electron chi connectivity index (χ3n) is 3.27. The van der Waals surface area contributed by atoms with Crippen molar-refractivity contribution in [2.45, 2.75) is 33.4 Å². The van der Waals surface area contributed by atoms with Crippen LogP contribution >= 0.6 is 0 Å². The summed E-state index contributed by atoms with van der Waals surface area (Å²) in [6.45, 7) is 6.50. The Kier molecular flexibility index (Phi) is 3.92. The Morgan fingerprint density at radius 1 is 1.26 bits per heavy atom. The van der Waals surface area contributed by atoms with Gasteiger partial charge in [0, 0.05) is 25.0 Å². The van der Waals surface area contributed by atoms with Gasteiger partial charge in [0.05, 0.1) is 0 Å². The molecule has 0 bridgehead atoms. The first-order chi connectivity index (χ1) is 11.1. The number of carbonyl (C=O) groups is 1. The molecule has 0 fully saturated rings. The lowest BCUT2D eigenvalue weighted by Gasteiger charge is -2.07. The minimum absolute atomic E-state index is 0.0327. The number of carbonyl (C=O) groups excluding carboxylic acids is 1. The highest BCUT2D eigenvalue weighted by molar-refractivity contribution is 6.01. The van der Waals surface area contributed by atoms with E-state index in [2.05, 4.69) is 25.7 Å². The number of nitrogens with zero attached hydrogens (tertiary/aromatic N) is 6. The summed E-state index contributed by atoms with van der Waals surface area (Å²) in [6, 6.07) is 3.60. The molecule has 0 aliphatic carbocycles. The second kappa shape index (κ2) is 6.03. The Morgan fingerprint density at radius 3 is 2.78 bits per heavy atom. The van der Waals surface area contributed by atoms with Crippen molar-refractivity contribution in [1.82, 2.24) is 29.8 Å². The monoisotopic (exact) mass is 315 g/mol. The topological polar surface area (TPSA) is 104 Å². The SMILES string of the molecule is CCn1nccc1C(=O)Nc1nnc(-c2ccnn2C(C)C)o1. The summed E-state index contributed by atoms with van der Waals surface area (Å²) in [4.78, 5) is 12.2. The molecular formula is C14H17N7O2. The van der Waals surface area contributed by atoms with Crippen LogP contribution in [0.25, 0.3) is 11.6 Å². The van der Waals surface area contributed by atoms with Crippen molar-refractivity contribution < 1.29 is 9.21 Å². The molecule has 1 N–H and O–H groups in total.